The van der Waals surface area contributed by atoms with Crippen molar-refractivity contribution in [2.24, 2.45) is 7.05 Å². The van der Waals surface area contributed by atoms with Gasteiger partial charge in [-0.3, -0.25) is 0 Å². The fourth-order valence-corrected chi connectivity index (χ4v) is 2.50. The second-order valence-corrected chi connectivity index (χ2v) is 6.07. The van der Waals surface area contributed by atoms with Gasteiger partial charge in [0.05, 0.1) is 13.2 Å². The van der Waals surface area contributed by atoms with E-state index >= 15 is 0 Å². The highest BCUT2D eigenvalue weighted by Gasteiger charge is 2.19. The number of aromatic nitrogens is 5. The van der Waals surface area contributed by atoms with Gasteiger partial charge in [-0.1, -0.05) is 5.16 Å². The summed E-state index contributed by atoms with van der Waals surface area (Å²) in [6, 6.07) is 6.75. The average Bonchev–Trinajstić information content (AvgIpc) is 3.30. The van der Waals surface area contributed by atoms with E-state index in [1.165, 1.54) is 4.90 Å². The Kier molecular flexibility index (Phi) is 5.34. The molecule has 1 N–H and O–H groups in total. The Hall–Kier alpha value is -3.43. The summed E-state index contributed by atoms with van der Waals surface area (Å²) in [6.07, 6.45) is 1.58. The first-order chi connectivity index (χ1) is 13.0. The van der Waals surface area contributed by atoms with Gasteiger partial charge in [-0.15, -0.1) is 10.2 Å². The zero-order chi connectivity index (χ0) is 19.4. The predicted octanol–water partition coefficient (Wildman–Crippen LogP) is 1.78. The number of methoxy groups -OCH3 is 1. The highest BCUT2D eigenvalue weighted by atomic mass is 16.5. The van der Waals surface area contributed by atoms with Crippen LogP contribution in [0.5, 0.6) is 5.75 Å². The number of carbonyl (C=O) groups excluding carboxylic acids is 1. The molecule has 0 aliphatic heterocycles. The van der Waals surface area contributed by atoms with Crippen molar-refractivity contribution in [2.45, 2.75) is 19.5 Å². The van der Waals surface area contributed by atoms with Gasteiger partial charge in [-0.25, -0.2) is 4.79 Å². The van der Waals surface area contributed by atoms with Crippen LogP contribution in [0.15, 0.2) is 35.1 Å². The summed E-state index contributed by atoms with van der Waals surface area (Å²) in [4.78, 5) is 18.2. The van der Waals surface area contributed by atoms with Crippen LogP contribution in [-0.2, 0) is 13.6 Å². The third kappa shape index (κ3) is 4.22. The maximum Gasteiger partial charge on any atom is 0.318 e. The minimum atomic E-state index is -0.287. The number of carbonyl (C=O) groups is 1. The van der Waals surface area contributed by atoms with Crippen LogP contribution in [0.4, 0.5) is 4.79 Å². The lowest BCUT2D eigenvalue weighted by Gasteiger charge is -2.19. The number of ether oxygens (including phenoxy) is 1. The minimum Gasteiger partial charge on any atom is -0.497 e. The minimum absolute atomic E-state index is 0.181. The van der Waals surface area contributed by atoms with E-state index in [1.807, 2.05) is 38.2 Å². The van der Waals surface area contributed by atoms with Gasteiger partial charge in [0.15, 0.2) is 5.82 Å². The molecular formula is C17H21N7O3. The number of urea groups is 1. The molecule has 0 unspecified atom stereocenters. The molecule has 10 nitrogen and oxygen atoms in total. The molecule has 142 valence electrons. The lowest BCUT2D eigenvalue weighted by atomic mass is 10.2. The normalized spacial score (nSPS) is 11.9. The van der Waals surface area contributed by atoms with E-state index in [9.17, 15) is 4.79 Å². The van der Waals surface area contributed by atoms with E-state index in [2.05, 4.69) is 25.7 Å². The van der Waals surface area contributed by atoms with Gasteiger partial charge in [0, 0.05) is 19.7 Å². The number of rotatable bonds is 6. The Labute approximate surface area is 156 Å². The fourth-order valence-electron chi connectivity index (χ4n) is 2.50. The maximum absolute atomic E-state index is 12.4. The molecule has 0 aliphatic rings. The van der Waals surface area contributed by atoms with Crippen molar-refractivity contribution in [3.05, 3.63) is 42.3 Å². The highest BCUT2D eigenvalue weighted by Crippen LogP contribution is 2.20. The molecule has 0 spiro atoms. The van der Waals surface area contributed by atoms with Crippen LogP contribution < -0.4 is 10.1 Å². The zero-order valence-corrected chi connectivity index (χ0v) is 15.6. The molecule has 0 aliphatic carbocycles. The molecule has 0 saturated carbocycles. The predicted molar refractivity (Wildman–Crippen MR) is 95.7 cm³/mol. The Morgan fingerprint density at radius 1 is 1.37 bits per heavy atom. The topological polar surface area (TPSA) is 111 Å². The van der Waals surface area contributed by atoms with Gasteiger partial charge in [0.25, 0.3) is 0 Å². The molecule has 2 heterocycles. The van der Waals surface area contributed by atoms with Crippen molar-refractivity contribution in [1.82, 2.24) is 35.1 Å². The molecule has 3 aromatic rings. The number of nitrogens with one attached hydrogen (secondary N) is 1. The molecule has 0 bridgehead atoms. The van der Waals surface area contributed by atoms with E-state index in [0.717, 1.165) is 11.3 Å². The fraction of sp³-hybridized carbons (Fsp3) is 0.353. The van der Waals surface area contributed by atoms with Crippen molar-refractivity contribution < 1.29 is 14.1 Å². The molecule has 3 rings (SSSR count). The van der Waals surface area contributed by atoms with Crippen molar-refractivity contribution >= 4 is 6.03 Å². The van der Waals surface area contributed by atoms with Crippen LogP contribution in [0, 0.1) is 0 Å². The number of aryl methyl sites for hydroxylation is 1. The van der Waals surface area contributed by atoms with Crippen molar-refractivity contribution in [3.8, 4) is 17.1 Å². The number of nitrogens with zero attached hydrogens (tertiary/aromatic N) is 6. The molecular weight excluding hydrogens is 350 g/mol. The van der Waals surface area contributed by atoms with E-state index in [4.69, 9.17) is 9.26 Å². The third-order valence-corrected chi connectivity index (χ3v) is 4.01. The lowest BCUT2D eigenvalue weighted by molar-refractivity contribution is 0.195. The first kappa shape index (κ1) is 18.4. The zero-order valence-electron chi connectivity index (χ0n) is 15.6. The average molecular weight is 371 g/mol. The van der Waals surface area contributed by atoms with Gasteiger partial charge < -0.3 is 24.0 Å². The van der Waals surface area contributed by atoms with Gasteiger partial charge in [0.2, 0.25) is 11.7 Å². The van der Waals surface area contributed by atoms with Crippen LogP contribution in [0.1, 0.15) is 24.7 Å². The molecule has 0 radical (unpaired) electrons. The summed E-state index contributed by atoms with van der Waals surface area (Å²) in [5.74, 6) is 2.20. The highest BCUT2D eigenvalue weighted by molar-refractivity contribution is 5.74. The Morgan fingerprint density at radius 3 is 2.74 bits per heavy atom. The van der Waals surface area contributed by atoms with Crippen LogP contribution >= 0.6 is 0 Å². The summed E-state index contributed by atoms with van der Waals surface area (Å²) in [6.45, 7) is 2.02. The van der Waals surface area contributed by atoms with E-state index in [1.54, 1.807) is 25.1 Å². The van der Waals surface area contributed by atoms with Gasteiger partial charge in [-0.05, 0) is 31.2 Å². The molecule has 10 heteroatoms. The van der Waals surface area contributed by atoms with Crippen molar-refractivity contribution in [3.63, 3.8) is 0 Å². The lowest BCUT2D eigenvalue weighted by Crippen LogP contribution is -2.38. The number of benzene rings is 1. The molecule has 27 heavy (non-hydrogen) atoms. The van der Waals surface area contributed by atoms with E-state index < -0.39 is 0 Å². The summed E-state index contributed by atoms with van der Waals surface area (Å²) in [5.41, 5.74) is 0.800. The second kappa shape index (κ2) is 7.85. The Bertz CT molecular complexity index is 903. The van der Waals surface area contributed by atoms with Crippen LogP contribution in [0.25, 0.3) is 11.4 Å². The quantitative estimate of drug-likeness (QED) is 0.703. The SMILES string of the molecule is COc1ccc(-c2noc(CN(C)C(=O)N[C@@H](C)c3nncn3C)n2)cc1. The summed E-state index contributed by atoms with van der Waals surface area (Å²) >= 11 is 0. The van der Waals surface area contributed by atoms with Gasteiger partial charge in [0.1, 0.15) is 18.6 Å². The van der Waals surface area contributed by atoms with Crippen LogP contribution in [0.3, 0.4) is 0 Å². The number of hydrogen-bond donors (Lipinski definition) is 1. The molecule has 1 atom stereocenters. The third-order valence-electron chi connectivity index (χ3n) is 4.01. The number of amides is 2. The van der Waals surface area contributed by atoms with Crippen LogP contribution in [-0.4, -0.2) is 50.0 Å². The smallest absolute Gasteiger partial charge is 0.318 e. The molecule has 0 saturated heterocycles. The van der Waals surface area contributed by atoms with E-state index in [-0.39, 0.29) is 18.6 Å². The second-order valence-electron chi connectivity index (χ2n) is 6.07. The number of hydrogen-bond acceptors (Lipinski definition) is 7. The summed E-state index contributed by atoms with van der Waals surface area (Å²) < 4.78 is 12.1. The molecule has 1 aromatic carbocycles. The Morgan fingerprint density at radius 2 is 2.11 bits per heavy atom. The standard InChI is InChI=1S/C17H21N7O3/c1-11(16-21-18-10-24(16)3)19-17(25)23(2)9-14-20-15(22-27-14)12-5-7-13(26-4)8-6-12/h5-8,10-11H,9H2,1-4H3,(H,19,25)/t11-/m0/s1. The maximum atomic E-state index is 12.4. The molecule has 0 fully saturated rings. The van der Waals surface area contributed by atoms with Crippen LogP contribution in [0.2, 0.25) is 0 Å². The van der Waals surface area contributed by atoms with Gasteiger partial charge >= 0.3 is 6.03 Å². The largest absolute Gasteiger partial charge is 0.497 e. The monoisotopic (exact) mass is 371 g/mol. The van der Waals surface area contributed by atoms with Crippen molar-refractivity contribution in [2.75, 3.05) is 14.2 Å². The Balaban J connectivity index is 1.60. The molecule has 2 aromatic heterocycles. The van der Waals surface area contributed by atoms with Gasteiger partial charge in [-0.2, -0.15) is 4.98 Å². The first-order valence-electron chi connectivity index (χ1n) is 8.30. The summed E-state index contributed by atoms with van der Waals surface area (Å²) in [5, 5.41) is 14.6. The van der Waals surface area contributed by atoms with E-state index in [0.29, 0.717) is 17.5 Å². The van der Waals surface area contributed by atoms with Crippen molar-refractivity contribution in [1.29, 1.82) is 0 Å². The summed E-state index contributed by atoms with van der Waals surface area (Å²) in [7, 11) is 5.07. The molecule has 2 amide bonds. The first-order valence-corrected chi connectivity index (χ1v) is 8.30.